The molecule has 1 atom stereocenters. The van der Waals surface area contributed by atoms with Crippen molar-refractivity contribution in [1.82, 2.24) is 5.32 Å². The summed E-state index contributed by atoms with van der Waals surface area (Å²) in [6, 6.07) is 7.85. The maximum absolute atomic E-state index is 5.41. The second kappa shape index (κ2) is 3.77. The quantitative estimate of drug-likeness (QED) is 0.744. The molecule has 13 heavy (non-hydrogen) atoms. The van der Waals surface area contributed by atoms with Gasteiger partial charge in [0, 0.05) is 0 Å². The summed E-state index contributed by atoms with van der Waals surface area (Å²) in [6.07, 6.45) is 0.00547. The van der Waals surface area contributed by atoms with Crippen LogP contribution in [0.15, 0.2) is 24.3 Å². The third-order valence-corrected chi connectivity index (χ3v) is 2.03. The van der Waals surface area contributed by atoms with Crippen LogP contribution >= 0.6 is 0 Å². The normalized spacial score (nSPS) is 21.8. The Morgan fingerprint density at radius 3 is 2.69 bits per heavy atom. The van der Waals surface area contributed by atoms with Gasteiger partial charge in [0.15, 0.2) is 0 Å². The number of methoxy groups -OCH3 is 1. The maximum atomic E-state index is 5.41. The topological polar surface area (TPSA) is 30.5 Å². The third-order valence-electron chi connectivity index (χ3n) is 2.03. The molecule has 0 saturated carbocycles. The van der Waals surface area contributed by atoms with Crippen molar-refractivity contribution < 1.29 is 9.47 Å². The molecule has 1 aliphatic rings. The fourth-order valence-electron chi connectivity index (χ4n) is 1.32. The first-order valence-corrected chi connectivity index (χ1v) is 4.23. The van der Waals surface area contributed by atoms with E-state index >= 15 is 0 Å². The zero-order chi connectivity index (χ0) is 9.10. The molecule has 1 radical (unpaired) electrons. The van der Waals surface area contributed by atoms with Crippen molar-refractivity contribution in [3.63, 3.8) is 0 Å². The van der Waals surface area contributed by atoms with Crippen molar-refractivity contribution >= 4 is 0 Å². The fraction of sp³-hybridized carbons (Fsp3) is 0.300. The Morgan fingerprint density at radius 2 is 2.15 bits per heavy atom. The molecule has 0 spiro atoms. The average molecular weight is 178 g/mol. The molecular weight excluding hydrogens is 166 g/mol. The van der Waals surface area contributed by atoms with E-state index in [4.69, 9.17) is 9.47 Å². The van der Waals surface area contributed by atoms with Gasteiger partial charge < -0.3 is 9.47 Å². The van der Waals surface area contributed by atoms with Gasteiger partial charge in [0.05, 0.1) is 20.3 Å². The van der Waals surface area contributed by atoms with Crippen LogP contribution in [-0.2, 0) is 4.74 Å². The van der Waals surface area contributed by atoms with Crippen molar-refractivity contribution in [1.29, 1.82) is 0 Å². The summed E-state index contributed by atoms with van der Waals surface area (Å²) >= 11 is 0. The highest BCUT2D eigenvalue weighted by atomic mass is 16.5. The van der Waals surface area contributed by atoms with Crippen molar-refractivity contribution in [3.8, 4) is 5.75 Å². The van der Waals surface area contributed by atoms with Crippen LogP contribution < -0.4 is 10.1 Å². The largest absolute Gasteiger partial charge is 0.497 e. The smallest absolute Gasteiger partial charge is 0.134 e. The minimum atomic E-state index is 0.00547. The summed E-state index contributed by atoms with van der Waals surface area (Å²) in [5.74, 6) is 0.866. The number of hydrogen-bond donors (Lipinski definition) is 1. The fourth-order valence-corrected chi connectivity index (χ4v) is 1.32. The van der Waals surface area contributed by atoms with Crippen molar-refractivity contribution in [2.75, 3.05) is 13.7 Å². The lowest BCUT2D eigenvalue weighted by atomic mass is 10.2. The Labute approximate surface area is 77.7 Å². The molecule has 1 aliphatic heterocycles. The summed E-state index contributed by atoms with van der Waals surface area (Å²) in [5.41, 5.74) is 1.12. The highest BCUT2D eigenvalue weighted by Gasteiger charge is 2.16. The van der Waals surface area contributed by atoms with E-state index in [2.05, 4.69) is 5.32 Å². The lowest BCUT2D eigenvalue weighted by Gasteiger charge is -2.10. The molecule has 0 bridgehead atoms. The van der Waals surface area contributed by atoms with Crippen molar-refractivity contribution in [2.24, 2.45) is 0 Å². The molecule has 1 aromatic rings. The first-order valence-electron chi connectivity index (χ1n) is 4.23. The summed E-state index contributed by atoms with van der Waals surface area (Å²) in [7, 11) is 1.66. The predicted octanol–water partition coefficient (Wildman–Crippen LogP) is 1.48. The number of benzene rings is 1. The number of hydrogen-bond acceptors (Lipinski definition) is 3. The highest BCUT2D eigenvalue weighted by Crippen LogP contribution is 2.21. The molecule has 1 heterocycles. The zero-order valence-corrected chi connectivity index (χ0v) is 7.49. The van der Waals surface area contributed by atoms with E-state index in [1.54, 1.807) is 7.11 Å². The second-order valence-electron chi connectivity index (χ2n) is 2.86. The molecule has 1 aromatic carbocycles. The molecule has 0 aromatic heterocycles. The Kier molecular flexibility index (Phi) is 2.47. The predicted molar refractivity (Wildman–Crippen MR) is 49.1 cm³/mol. The highest BCUT2D eigenvalue weighted by molar-refractivity contribution is 5.28. The van der Waals surface area contributed by atoms with Crippen molar-refractivity contribution in [3.05, 3.63) is 36.4 Å². The van der Waals surface area contributed by atoms with Crippen LogP contribution in [0.1, 0.15) is 11.8 Å². The van der Waals surface area contributed by atoms with Gasteiger partial charge in [0.25, 0.3) is 0 Å². The molecule has 2 rings (SSSR count). The summed E-state index contributed by atoms with van der Waals surface area (Å²) in [4.78, 5) is 0. The van der Waals surface area contributed by atoms with Gasteiger partial charge >= 0.3 is 0 Å². The van der Waals surface area contributed by atoms with Gasteiger partial charge in [0.1, 0.15) is 12.0 Å². The lowest BCUT2D eigenvalue weighted by molar-refractivity contribution is 0.103. The summed E-state index contributed by atoms with van der Waals surface area (Å²) < 4.78 is 10.5. The number of rotatable bonds is 2. The van der Waals surface area contributed by atoms with Crippen molar-refractivity contribution in [2.45, 2.75) is 6.23 Å². The van der Waals surface area contributed by atoms with Crippen LogP contribution in [0.5, 0.6) is 5.75 Å². The molecule has 69 valence electrons. The Balaban J connectivity index is 2.12. The minimum Gasteiger partial charge on any atom is -0.497 e. The second-order valence-corrected chi connectivity index (χ2v) is 2.86. The van der Waals surface area contributed by atoms with Gasteiger partial charge in [-0.2, -0.15) is 0 Å². The molecule has 0 amide bonds. The lowest BCUT2D eigenvalue weighted by Crippen LogP contribution is -2.10. The van der Waals surface area contributed by atoms with E-state index in [1.807, 2.05) is 30.8 Å². The third kappa shape index (κ3) is 1.82. The molecular formula is C10H12NO2. The van der Waals surface area contributed by atoms with Gasteiger partial charge in [-0.3, -0.25) is 5.32 Å². The van der Waals surface area contributed by atoms with Gasteiger partial charge in [0.2, 0.25) is 0 Å². The van der Waals surface area contributed by atoms with Gasteiger partial charge in [-0.15, -0.1) is 0 Å². The molecule has 3 nitrogen and oxygen atoms in total. The monoisotopic (exact) mass is 178 g/mol. The Bertz CT molecular complexity index is 265. The Hall–Kier alpha value is -1.06. The Morgan fingerprint density at radius 1 is 1.38 bits per heavy atom. The molecule has 1 saturated heterocycles. The van der Waals surface area contributed by atoms with Crippen LogP contribution in [0, 0.1) is 6.54 Å². The van der Waals surface area contributed by atoms with E-state index in [1.165, 1.54) is 0 Å². The molecule has 0 aliphatic carbocycles. The van der Waals surface area contributed by atoms with Crippen LogP contribution in [0.4, 0.5) is 0 Å². The van der Waals surface area contributed by atoms with E-state index in [9.17, 15) is 0 Å². The van der Waals surface area contributed by atoms with Gasteiger partial charge in [-0.05, 0) is 17.7 Å². The SMILES string of the molecule is COc1ccc(C2N[CH]CO2)cc1. The number of nitrogens with one attached hydrogen (secondary N) is 1. The molecule has 1 unspecified atom stereocenters. The van der Waals surface area contributed by atoms with Crippen LogP contribution in [0.25, 0.3) is 0 Å². The van der Waals surface area contributed by atoms with E-state index < -0.39 is 0 Å². The summed E-state index contributed by atoms with van der Waals surface area (Å²) in [5, 5.41) is 3.12. The maximum Gasteiger partial charge on any atom is 0.134 e. The van der Waals surface area contributed by atoms with Crippen LogP contribution in [0.3, 0.4) is 0 Å². The van der Waals surface area contributed by atoms with Crippen LogP contribution in [0.2, 0.25) is 0 Å². The summed E-state index contributed by atoms with van der Waals surface area (Å²) in [6.45, 7) is 2.57. The zero-order valence-electron chi connectivity index (χ0n) is 7.49. The number of ether oxygens (including phenoxy) is 2. The standard InChI is InChI=1S/C10H12NO2/c1-12-9-4-2-8(3-5-9)10-11-6-7-13-10/h2-6,10-11H,7H2,1H3. The van der Waals surface area contributed by atoms with Gasteiger partial charge in [-0.1, -0.05) is 12.1 Å². The van der Waals surface area contributed by atoms with Gasteiger partial charge in [-0.25, -0.2) is 0 Å². The van der Waals surface area contributed by atoms with E-state index in [0.717, 1.165) is 11.3 Å². The van der Waals surface area contributed by atoms with Crippen LogP contribution in [-0.4, -0.2) is 13.7 Å². The minimum absolute atomic E-state index is 0.00547. The molecule has 3 heteroatoms. The molecule has 1 fully saturated rings. The van der Waals surface area contributed by atoms with E-state index in [0.29, 0.717) is 6.61 Å². The first kappa shape index (κ1) is 8.53. The van der Waals surface area contributed by atoms with E-state index in [-0.39, 0.29) is 6.23 Å². The molecule has 1 N–H and O–H groups in total. The average Bonchev–Trinajstić information content (AvgIpc) is 2.71. The first-order chi connectivity index (χ1) is 6.40.